The molecule has 0 radical (unpaired) electrons. The van der Waals surface area contributed by atoms with Crippen molar-refractivity contribution in [3.63, 3.8) is 0 Å². The molecule has 3 rings (SSSR count). The topological polar surface area (TPSA) is 40.6 Å². The quantitative estimate of drug-likeness (QED) is 0.872. The largest absolute Gasteiger partial charge is 0.339 e. The van der Waals surface area contributed by atoms with Crippen molar-refractivity contribution in [3.05, 3.63) is 58.3 Å². The first-order valence-corrected chi connectivity index (χ1v) is 8.26. The average Bonchev–Trinajstić information content (AvgIpc) is 3.08. The Labute approximate surface area is 134 Å². The zero-order valence-corrected chi connectivity index (χ0v) is 13.1. The van der Waals surface area contributed by atoms with Crippen LogP contribution in [-0.2, 0) is 11.2 Å². The van der Waals surface area contributed by atoms with E-state index in [2.05, 4.69) is 0 Å². The van der Waals surface area contributed by atoms with Gasteiger partial charge in [0, 0.05) is 36.6 Å². The van der Waals surface area contributed by atoms with Gasteiger partial charge in [0.25, 0.3) is 5.91 Å². The van der Waals surface area contributed by atoms with Crippen molar-refractivity contribution in [1.82, 2.24) is 9.80 Å². The van der Waals surface area contributed by atoms with E-state index < -0.39 is 0 Å². The summed E-state index contributed by atoms with van der Waals surface area (Å²) in [6.45, 7) is 2.43. The molecule has 0 aliphatic carbocycles. The molecule has 0 spiro atoms. The molecular formula is C17H18N2O2S. The summed E-state index contributed by atoms with van der Waals surface area (Å²) in [7, 11) is 0. The Morgan fingerprint density at radius 2 is 1.59 bits per heavy atom. The highest BCUT2D eigenvalue weighted by atomic mass is 32.1. The molecule has 1 aromatic heterocycles. The second-order valence-electron chi connectivity index (χ2n) is 5.30. The number of carbonyl (C=O) groups excluding carboxylic acids is 2. The van der Waals surface area contributed by atoms with Gasteiger partial charge in [0.2, 0.25) is 5.91 Å². The van der Waals surface area contributed by atoms with Crippen molar-refractivity contribution in [1.29, 1.82) is 0 Å². The Bertz CT molecular complexity index is 632. The third-order valence-electron chi connectivity index (χ3n) is 3.85. The third kappa shape index (κ3) is 3.36. The minimum absolute atomic E-state index is 0.0472. The fraction of sp³-hybridized carbons (Fsp3) is 0.294. The minimum Gasteiger partial charge on any atom is -0.339 e. The van der Waals surface area contributed by atoms with E-state index >= 15 is 0 Å². The molecule has 5 heteroatoms. The van der Waals surface area contributed by atoms with Crippen LogP contribution in [0.25, 0.3) is 0 Å². The van der Waals surface area contributed by atoms with Crippen LogP contribution in [-0.4, -0.2) is 47.8 Å². The lowest BCUT2D eigenvalue weighted by Gasteiger charge is -2.34. The van der Waals surface area contributed by atoms with Crippen molar-refractivity contribution in [2.24, 2.45) is 0 Å². The van der Waals surface area contributed by atoms with E-state index in [0.717, 1.165) is 4.88 Å². The predicted molar refractivity (Wildman–Crippen MR) is 86.9 cm³/mol. The molecule has 0 unspecified atom stereocenters. The Balaban J connectivity index is 1.54. The highest BCUT2D eigenvalue weighted by molar-refractivity contribution is 7.10. The second-order valence-corrected chi connectivity index (χ2v) is 6.33. The van der Waals surface area contributed by atoms with Crippen LogP contribution in [0, 0.1) is 0 Å². The molecule has 1 fully saturated rings. The van der Waals surface area contributed by atoms with Crippen molar-refractivity contribution >= 4 is 23.2 Å². The van der Waals surface area contributed by atoms with Crippen molar-refractivity contribution in [2.45, 2.75) is 6.42 Å². The van der Waals surface area contributed by atoms with Gasteiger partial charge >= 0.3 is 0 Å². The van der Waals surface area contributed by atoms with Crippen LogP contribution in [0.4, 0.5) is 0 Å². The van der Waals surface area contributed by atoms with Crippen LogP contribution < -0.4 is 0 Å². The highest BCUT2D eigenvalue weighted by Gasteiger charge is 2.24. The van der Waals surface area contributed by atoms with Gasteiger partial charge in [-0.1, -0.05) is 24.3 Å². The summed E-state index contributed by atoms with van der Waals surface area (Å²) < 4.78 is 0. The zero-order valence-electron chi connectivity index (χ0n) is 12.3. The first-order valence-electron chi connectivity index (χ1n) is 7.38. The number of piperazine rings is 1. The molecule has 0 saturated carbocycles. The Hall–Kier alpha value is -2.14. The summed E-state index contributed by atoms with van der Waals surface area (Å²) in [6.07, 6.45) is 0.463. The van der Waals surface area contributed by atoms with Gasteiger partial charge in [-0.05, 0) is 23.6 Å². The summed E-state index contributed by atoms with van der Waals surface area (Å²) >= 11 is 1.61. The van der Waals surface area contributed by atoms with E-state index in [1.54, 1.807) is 11.3 Å². The molecule has 4 nitrogen and oxygen atoms in total. The summed E-state index contributed by atoms with van der Waals surface area (Å²) in [6, 6.07) is 13.2. The molecule has 0 bridgehead atoms. The first-order chi connectivity index (χ1) is 10.7. The number of amides is 2. The van der Waals surface area contributed by atoms with Gasteiger partial charge in [-0.25, -0.2) is 0 Å². The number of hydrogen-bond donors (Lipinski definition) is 0. The van der Waals surface area contributed by atoms with Gasteiger partial charge in [0.1, 0.15) is 0 Å². The number of thiophene rings is 1. The molecule has 1 saturated heterocycles. The van der Waals surface area contributed by atoms with Gasteiger partial charge in [-0.15, -0.1) is 11.3 Å². The summed E-state index contributed by atoms with van der Waals surface area (Å²) in [4.78, 5) is 29.4. The minimum atomic E-state index is 0.0472. The smallest absolute Gasteiger partial charge is 0.253 e. The lowest BCUT2D eigenvalue weighted by Crippen LogP contribution is -2.50. The third-order valence-corrected chi connectivity index (χ3v) is 4.72. The molecule has 1 aromatic carbocycles. The van der Waals surface area contributed by atoms with Gasteiger partial charge in [0.05, 0.1) is 6.42 Å². The Morgan fingerprint density at radius 1 is 0.909 bits per heavy atom. The van der Waals surface area contributed by atoms with Gasteiger partial charge in [-0.3, -0.25) is 9.59 Å². The highest BCUT2D eigenvalue weighted by Crippen LogP contribution is 2.13. The van der Waals surface area contributed by atoms with Crippen LogP contribution in [0.15, 0.2) is 47.8 Å². The Kier molecular flexibility index (Phi) is 4.53. The van der Waals surface area contributed by atoms with E-state index in [1.165, 1.54) is 0 Å². The molecule has 2 heterocycles. The maximum Gasteiger partial charge on any atom is 0.253 e. The van der Waals surface area contributed by atoms with Gasteiger partial charge < -0.3 is 9.80 Å². The van der Waals surface area contributed by atoms with Crippen molar-refractivity contribution < 1.29 is 9.59 Å². The molecule has 22 heavy (non-hydrogen) atoms. The average molecular weight is 314 g/mol. The number of rotatable bonds is 3. The second kappa shape index (κ2) is 6.75. The monoisotopic (exact) mass is 314 g/mol. The normalized spacial score (nSPS) is 14.9. The van der Waals surface area contributed by atoms with E-state index in [0.29, 0.717) is 38.2 Å². The van der Waals surface area contributed by atoms with Crippen LogP contribution >= 0.6 is 11.3 Å². The molecule has 1 aliphatic heterocycles. The van der Waals surface area contributed by atoms with Gasteiger partial charge in [0.15, 0.2) is 0 Å². The SMILES string of the molecule is O=C(Cc1cccs1)N1CCN(C(=O)c2ccccc2)CC1. The summed E-state index contributed by atoms with van der Waals surface area (Å²) in [5.74, 6) is 0.195. The van der Waals surface area contributed by atoms with Crippen LogP contribution in [0.1, 0.15) is 15.2 Å². The standard InChI is InChI=1S/C17H18N2O2S/c20-16(13-15-7-4-12-22-15)18-8-10-19(11-9-18)17(21)14-5-2-1-3-6-14/h1-7,12H,8-11,13H2. The number of benzene rings is 1. The molecule has 2 amide bonds. The van der Waals surface area contributed by atoms with Crippen LogP contribution in [0.3, 0.4) is 0 Å². The molecule has 2 aromatic rings. The van der Waals surface area contributed by atoms with E-state index in [-0.39, 0.29) is 11.8 Å². The zero-order chi connectivity index (χ0) is 15.4. The van der Waals surface area contributed by atoms with E-state index in [4.69, 9.17) is 0 Å². The fourth-order valence-corrected chi connectivity index (χ4v) is 3.29. The lowest BCUT2D eigenvalue weighted by molar-refractivity contribution is -0.131. The maximum atomic E-state index is 12.4. The predicted octanol–water partition coefficient (Wildman–Crippen LogP) is 2.28. The summed E-state index contributed by atoms with van der Waals surface area (Å²) in [5.41, 5.74) is 0.709. The van der Waals surface area contributed by atoms with Crippen molar-refractivity contribution in [2.75, 3.05) is 26.2 Å². The van der Waals surface area contributed by atoms with Gasteiger partial charge in [-0.2, -0.15) is 0 Å². The maximum absolute atomic E-state index is 12.4. The summed E-state index contributed by atoms with van der Waals surface area (Å²) in [5, 5.41) is 1.99. The fourth-order valence-electron chi connectivity index (χ4n) is 2.60. The molecule has 1 aliphatic rings. The van der Waals surface area contributed by atoms with Crippen LogP contribution in [0.5, 0.6) is 0 Å². The van der Waals surface area contributed by atoms with Crippen molar-refractivity contribution in [3.8, 4) is 0 Å². The number of nitrogens with zero attached hydrogens (tertiary/aromatic N) is 2. The molecule has 114 valence electrons. The van der Waals surface area contributed by atoms with E-state index in [1.807, 2.05) is 57.6 Å². The lowest BCUT2D eigenvalue weighted by atomic mass is 10.2. The molecular weight excluding hydrogens is 296 g/mol. The van der Waals surface area contributed by atoms with E-state index in [9.17, 15) is 9.59 Å². The Morgan fingerprint density at radius 3 is 2.23 bits per heavy atom. The molecule has 0 atom stereocenters. The number of carbonyl (C=O) groups is 2. The first kappa shape index (κ1) is 14.8. The number of hydrogen-bond acceptors (Lipinski definition) is 3. The molecule has 0 N–H and O–H groups in total. The van der Waals surface area contributed by atoms with Crippen LogP contribution in [0.2, 0.25) is 0 Å².